The third-order valence-electron chi connectivity index (χ3n) is 7.53. The van der Waals surface area contributed by atoms with E-state index in [0.29, 0.717) is 29.3 Å². The van der Waals surface area contributed by atoms with Crippen LogP contribution in [0.3, 0.4) is 0 Å². The monoisotopic (exact) mass is 362 g/mol. The molecule has 1 heterocycles. The summed E-state index contributed by atoms with van der Waals surface area (Å²) in [4.78, 5) is 13.3. The fourth-order valence-electron chi connectivity index (χ4n) is 6.07. The SMILES string of the molecule is Cn1nccc1/C=C1\C[C@@H]2[C@@H]3CCc4cc(O)ccc4[C@@H]3CC[C@@]2(C)C1=O. The molecule has 5 rings (SSSR count). The number of aromatic nitrogens is 2. The van der Waals surface area contributed by atoms with E-state index in [1.807, 2.05) is 29.9 Å². The van der Waals surface area contributed by atoms with Crippen molar-refractivity contribution < 1.29 is 9.90 Å². The van der Waals surface area contributed by atoms with Gasteiger partial charge in [-0.3, -0.25) is 9.48 Å². The number of aryl methyl sites for hydroxylation is 2. The van der Waals surface area contributed by atoms with Gasteiger partial charge < -0.3 is 5.11 Å². The average Bonchev–Trinajstić information content (AvgIpc) is 3.17. The summed E-state index contributed by atoms with van der Waals surface area (Å²) in [5, 5.41) is 14.1. The molecule has 3 aliphatic rings. The van der Waals surface area contributed by atoms with Gasteiger partial charge >= 0.3 is 0 Å². The molecule has 4 heteroatoms. The second-order valence-electron chi connectivity index (χ2n) is 8.84. The summed E-state index contributed by atoms with van der Waals surface area (Å²) in [6.45, 7) is 2.20. The first kappa shape index (κ1) is 16.8. The maximum atomic E-state index is 13.3. The number of phenolic OH excluding ortho intramolecular Hbond substituents is 1. The number of phenols is 1. The van der Waals surface area contributed by atoms with Crippen LogP contribution in [0.25, 0.3) is 6.08 Å². The maximum absolute atomic E-state index is 13.3. The molecule has 0 spiro atoms. The third-order valence-corrected chi connectivity index (χ3v) is 7.53. The van der Waals surface area contributed by atoms with Gasteiger partial charge in [-0.15, -0.1) is 0 Å². The van der Waals surface area contributed by atoms with E-state index in [2.05, 4.69) is 24.2 Å². The lowest BCUT2D eigenvalue weighted by molar-refractivity contribution is -0.127. The molecule has 2 saturated carbocycles. The van der Waals surface area contributed by atoms with Gasteiger partial charge in [-0.2, -0.15) is 5.10 Å². The van der Waals surface area contributed by atoms with Gasteiger partial charge in [0.1, 0.15) is 5.75 Å². The van der Waals surface area contributed by atoms with E-state index in [4.69, 9.17) is 0 Å². The molecule has 4 atom stereocenters. The van der Waals surface area contributed by atoms with Gasteiger partial charge in [0.25, 0.3) is 0 Å². The van der Waals surface area contributed by atoms with Crippen LogP contribution >= 0.6 is 0 Å². The van der Waals surface area contributed by atoms with Gasteiger partial charge in [-0.05, 0) is 90.8 Å². The Morgan fingerprint density at radius 1 is 1.30 bits per heavy atom. The van der Waals surface area contributed by atoms with Gasteiger partial charge in [0, 0.05) is 18.7 Å². The molecule has 1 N–H and O–H groups in total. The number of Topliss-reactive ketones (excluding diaryl/α,β-unsaturated/α-hetero) is 1. The molecule has 1 aromatic heterocycles. The highest BCUT2D eigenvalue weighted by Gasteiger charge is 2.56. The van der Waals surface area contributed by atoms with Crippen molar-refractivity contribution >= 4 is 11.9 Å². The topological polar surface area (TPSA) is 55.1 Å². The Morgan fingerprint density at radius 3 is 2.93 bits per heavy atom. The Labute approximate surface area is 159 Å². The molecule has 3 aliphatic carbocycles. The first-order chi connectivity index (χ1) is 13.0. The van der Waals surface area contributed by atoms with Crippen LogP contribution in [-0.4, -0.2) is 20.7 Å². The molecule has 0 aliphatic heterocycles. The second-order valence-corrected chi connectivity index (χ2v) is 8.84. The van der Waals surface area contributed by atoms with Gasteiger partial charge in [0.2, 0.25) is 0 Å². The minimum absolute atomic E-state index is 0.222. The van der Waals surface area contributed by atoms with Crippen LogP contribution in [0.2, 0.25) is 0 Å². The molecule has 140 valence electrons. The highest BCUT2D eigenvalue weighted by molar-refractivity contribution is 6.05. The van der Waals surface area contributed by atoms with Gasteiger partial charge in [0.15, 0.2) is 5.78 Å². The average molecular weight is 362 g/mol. The highest BCUT2D eigenvalue weighted by Crippen LogP contribution is 2.60. The number of carbonyl (C=O) groups excluding carboxylic acids is 1. The number of hydrogen-bond acceptors (Lipinski definition) is 3. The van der Waals surface area contributed by atoms with E-state index in [9.17, 15) is 9.90 Å². The standard InChI is InChI=1S/C23H26N2O2/c1-23-9-7-19-18-6-4-17(26)12-14(18)3-5-20(19)21(23)13-15(22(23)27)11-16-8-10-24-25(16)2/h4,6,8,10-12,19-21,26H,3,5,7,9,13H2,1-2H3/b15-11+/t19-,20+,21+,23+/m0/s1. The number of rotatable bonds is 1. The fraction of sp³-hybridized carbons (Fsp3) is 0.478. The Balaban J connectivity index is 1.51. The lowest BCUT2D eigenvalue weighted by Gasteiger charge is -2.48. The smallest absolute Gasteiger partial charge is 0.165 e. The van der Waals surface area contributed by atoms with Crippen molar-refractivity contribution in [2.75, 3.05) is 0 Å². The predicted molar refractivity (Wildman–Crippen MR) is 104 cm³/mol. The van der Waals surface area contributed by atoms with Crippen LogP contribution in [0.1, 0.15) is 55.3 Å². The Hall–Kier alpha value is -2.36. The molecule has 2 aromatic rings. The van der Waals surface area contributed by atoms with Crippen LogP contribution < -0.4 is 0 Å². The molecule has 0 saturated heterocycles. The number of carbonyl (C=O) groups is 1. The zero-order valence-electron chi connectivity index (χ0n) is 16.0. The van der Waals surface area contributed by atoms with Crippen LogP contribution in [0.15, 0.2) is 36.0 Å². The van der Waals surface area contributed by atoms with Gasteiger partial charge in [-0.1, -0.05) is 13.0 Å². The first-order valence-electron chi connectivity index (χ1n) is 10.0. The number of ketones is 1. The number of benzene rings is 1. The van der Waals surface area contributed by atoms with Crippen molar-refractivity contribution in [3.8, 4) is 5.75 Å². The normalized spacial score (nSPS) is 33.6. The Morgan fingerprint density at radius 2 is 2.15 bits per heavy atom. The molecular formula is C23H26N2O2. The molecule has 0 unspecified atom stereocenters. The van der Waals surface area contributed by atoms with Crippen molar-refractivity contribution in [2.45, 2.75) is 44.9 Å². The summed E-state index contributed by atoms with van der Waals surface area (Å²) in [6, 6.07) is 7.85. The number of aromatic hydroxyl groups is 1. The Kier molecular flexibility index (Phi) is 3.62. The second kappa shape index (κ2) is 5.82. The summed E-state index contributed by atoms with van der Waals surface area (Å²) < 4.78 is 1.83. The van der Waals surface area contributed by atoms with E-state index in [-0.39, 0.29) is 5.41 Å². The maximum Gasteiger partial charge on any atom is 0.165 e. The van der Waals surface area contributed by atoms with E-state index >= 15 is 0 Å². The minimum Gasteiger partial charge on any atom is -0.508 e. The van der Waals surface area contributed by atoms with Crippen molar-refractivity contribution in [1.29, 1.82) is 0 Å². The molecule has 0 bridgehead atoms. The lowest BCUT2D eigenvalue weighted by Crippen LogP contribution is -2.42. The number of hydrogen-bond donors (Lipinski definition) is 1. The summed E-state index contributed by atoms with van der Waals surface area (Å²) >= 11 is 0. The van der Waals surface area contributed by atoms with Crippen molar-refractivity contribution in [1.82, 2.24) is 9.78 Å². The lowest BCUT2D eigenvalue weighted by atomic mass is 9.55. The number of nitrogens with zero attached hydrogens (tertiary/aromatic N) is 2. The van der Waals surface area contributed by atoms with Crippen molar-refractivity contribution in [3.05, 3.63) is 52.9 Å². The zero-order chi connectivity index (χ0) is 18.8. The molecule has 1 aromatic carbocycles. The number of allylic oxidation sites excluding steroid dienone is 1. The molecule has 2 fully saturated rings. The van der Waals surface area contributed by atoms with Crippen molar-refractivity contribution in [2.24, 2.45) is 24.3 Å². The highest BCUT2D eigenvalue weighted by atomic mass is 16.3. The molecule has 27 heavy (non-hydrogen) atoms. The first-order valence-corrected chi connectivity index (χ1v) is 10.0. The van der Waals surface area contributed by atoms with E-state index < -0.39 is 0 Å². The van der Waals surface area contributed by atoms with Crippen LogP contribution in [0.4, 0.5) is 0 Å². The summed E-state index contributed by atoms with van der Waals surface area (Å²) in [5.74, 6) is 2.22. The summed E-state index contributed by atoms with van der Waals surface area (Å²) in [5.41, 5.74) is 4.46. The van der Waals surface area contributed by atoms with E-state index in [0.717, 1.165) is 43.4 Å². The predicted octanol–water partition coefficient (Wildman–Crippen LogP) is 4.24. The van der Waals surface area contributed by atoms with Crippen molar-refractivity contribution in [3.63, 3.8) is 0 Å². The van der Waals surface area contributed by atoms with E-state index in [1.54, 1.807) is 6.20 Å². The van der Waals surface area contributed by atoms with Gasteiger partial charge in [0.05, 0.1) is 5.69 Å². The summed E-state index contributed by atoms with van der Waals surface area (Å²) in [7, 11) is 1.92. The minimum atomic E-state index is -0.222. The van der Waals surface area contributed by atoms with Crippen LogP contribution in [0, 0.1) is 17.3 Å². The Bertz CT molecular complexity index is 957. The molecule has 0 radical (unpaired) electrons. The fourth-order valence-corrected chi connectivity index (χ4v) is 6.07. The zero-order valence-corrected chi connectivity index (χ0v) is 16.0. The quantitative estimate of drug-likeness (QED) is 0.772. The number of fused-ring (bicyclic) bond motifs is 5. The van der Waals surface area contributed by atoms with Gasteiger partial charge in [-0.25, -0.2) is 0 Å². The van der Waals surface area contributed by atoms with Crippen LogP contribution in [-0.2, 0) is 18.3 Å². The summed E-state index contributed by atoms with van der Waals surface area (Å²) in [6.07, 6.45) is 8.88. The molecule has 0 amide bonds. The van der Waals surface area contributed by atoms with E-state index in [1.165, 1.54) is 11.1 Å². The largest absolute Gasteiger partial charge is 0.508 e. The molecular weight excluding hydrogens is 336 g/mol. The van der Waals surface area contributed by atoms with Crippen LogP contribution in [0.5, 0.6) is 5.75 Å². The third kappa shape index (κ3) is 2.42. The molecule has 4 nitrogen and oxygen atoms in total.